The molecule has 0 saturated carbocycles. The molecule has 68 valence electrons. The first-order valence-electron chi connectivity index (χ1n) is 3.77. The molecule has 0 aliphatic rings. The van der Waals surface area contributed by atoms with Gasteiger partial charge in [0.05, 0.1) is 5.39 Å². The van der Waals surface area contributed by atoms with Crippen LogP contribution in [-0.4, -0.2) is 5.11 Å². The molecule has 0 atom stereocenters. The number of nitrogen functional groups attached to an aromatic ring is 1. The van der Waals surface area contributed by atoms with Gasteiger partial charge in [0.2, 0.25) is 0 Å². The minimum atomic E-state index is 0.240. The lowest BCUT2D eigenvalue weighted by Crippen LogP contribution is -1.87. The van der Waals surface area contributed by atoms with Crippen molar-refractivity contribution in [3.63, 3.8) is 0 Å². The van der Waals surface area contributed by atoms with Crippen molar-refractivity contribution < 1.29 is 5.11 Å². The number of hydrogen-bond acceptors (Lipinski definition) is 3. The maximum atomic E-state index is 9.50. The van der Waals surface area contributed by atoms with Crippen molar-refractivity contribution in [3.05, 3.63) is 23.1 Å². The molecule has 0 unspecified atom stereocenters. The van der Waals surface area contributed by atoms with Crippen molar-refractivity contribution in [1.29, 1.82) is 0 Å². The number of anilines is 1. The number of nitrogens with two attached hydrogens (primary N) is 1. The number of fused-ring (bicyclic) bond motifs is 1. The minimum absolute atomic E-state index is 0.240. The fourth-order valence-electron chi connectivity index (χ4n) is 1.32. The highest BCUT2D eigenvalue weighted by atomic mass is 35.5. The molecule has 4 heteroatoms. The van der Waals surface area contributed by atoms with Gasteiger partial charge >= 0.3 is 0 Å². The summed E-state index contributed by atoms with van der Waals surface area (Å²) in [6.07, 6.45) is 0. The van der Waals surface area contributed by atoms with Gasteiger partial charge in [-0.3, -0.25) is 0 Å². The first-order chi connectivity index (χ1) is 6.24. The highest BCUT2D eigenvalue weighted by Crippen LogP contribution is 2.37. The van der Waals surface area contributed by atoms with E-state index in [-0.39, 0.29) is 5.75 Å². The van der Waals surface area contributed by atoms with Gasteiger partial charge < -0.3 is 10.8 Å². The Labute approximate surface area is 84.6 Å². The Morgan fingerprint density at radius 3 is 2.92 bits per heavy atom. The predicted molar refractivity (Wildman–Crippen MR) is 57.5 cm³/mol. The van der Waals surface area contributed by atoms with Gasteiger partial charge in [-0.25, -0.2) is 0 Å². The van der Waals surface area contributed by atoms with Gasteiger partial charge in [0, 0.05) is 21.6 Å². The molecule has 0 saturated heterocycles. The Balaban J connectivity index is 2.87. The van der Waals surface area contributed by atoms with Gasteiger partial charge in [-0.15, -0.1) is 22.9 Å². The van der Waals surface area contributed by atoms with Crippen LogP contribution in [0.15, 0.2) is 17.5 Å². The Morgan fingerprint density at radius 1 is 1.46 bits per heavy atom. The van der Waals surface area contributed by atoms with E-state index in [0.29, 0.717) is 11.6 Å². The zero-order chi connectivity index (χ0) is 9.42. The Morgan fingerprint density at radius 2 is 2.23 bits per heavy atom. The highest BCUT2D eigenvalue weighted by Gasteiger charge is 2.09. The number of hydrogen-bond donors (Lipinski definition) is 2. The molecule has 2 nitrogen and oxygen atoms in total. The van der Waals surface area contributed by atoms with Crippen molar-refractivity contribution >= 4 is 38.7 Å². The van der Waals surface area contributed by atoms with Crippen LogP contribution in [-0.2, 0) is 5.88 Å². The van der Waals surface area contributed by atoms with Crippen LogP contribution >= 0.6 is 22.9 Å². The van der Waals surface area contributed by atoms with Crippen LogP contribution < -0.4 is 5.73 Å². The normalized spacial score (nSPS) is 10.8. The third kappa shape index (κ3) is 1.24. The number of benzene rings is 1. The zero-order valence-electron chi connectivity index (χ0n) is 6.75. The number of aromatic hydroxyl groups is 1. The third-order valence-corrected chi connectivity index (χ3v) is 3.29. The van der Waals surface area contributed by atoms with Crippen molar-refractivity contribution in [3.8, 4) is 5.75 Å². The van der Waals surface area contributed by atoms with E-state index in [2.05, 4.69) is 0 Å². The maximum Gasteiger partial charge on any atom is 0.136 e. The molecule has 1 heterocycles. The summed E-state index contributed by atoms with van der Waals surface area (Å²) >= 11 is 7.22. The van der Waals surface area contributed by atoms with E-state index in [9.17, 15) is 5.11 Å². The van der Waals surface area contributed by atoms with Gasteiger partial charge in [-0.1, -0.05) is 6.07 Å². The van der Waals surface area contributed by atoms with Gasteiger partial charge in [0.25, 0.3) is 0 Å². The van der Waals surface area contributed by atoms with E-state index in [1.165, 1.54) is 11.3 Å². The fourth-order valence-corrected chi connectivity index (χ4v) is 2.60. The van der Waals surface area contributed by atoms with E-state index in [1.807, 2.05) is 6.07 Å². The standard InChI is InChI=1S/C9H8ClNOS/c10-3-5-1-2-6(11)8-7(12)4-13-9(5)8/h1-2,4,12H,3,11H2. The fraction of sp³-hybridized carbons (Fsp3) is 0.111. The van der Waals surface area contributed by atoms with Gasteiger partial charge in [-0.2, -0.15) is 0 Å². The Kier molecular flexibility index (Phi) is 2.06. The molecule has 0 radical (unpaired) electrons. The topological polar surface area (TPSA) is 46.2 Å². The van der Waals surface area contributed by atoms with Crippen LogP contribution in [0.3, 0.4) is 0 Å². The first-order valence-corrected chi connectivity index (χ1v) is 5.19. The Bertz CT molecular complexity index is 452. The third-order valence-electron chi connectivity index (χ3n) is 1.96. The molecule has 2 aromatic rings. The van der Waals surface area contributed by atoms with E-state index in [1.54, 1.807) is 11.4 Å². The average molecular weight is 214 g/mol. The number of alkyl halides is 1. The van der Waals surface area contributed by atoms with Crippen molar-refractivity contribution in [2.45, 2.75) is 5.88 Å². The molecule has 0 aliphatic heterocycles. The molecule has 0 amide bonds. The molecule has 3 N–H and O–H groups in total. The van der Waals surface area contributed by atoms with Crippen LogP contribution in [0.2, 0.25) is 0 Å². The monoisotopic (exact) mass is 213 g/mol. The quantitative estimate of drug-likeness (QED) is 0.565. The number of thiophene rings is 1. The van der Waals surface area contributed by atoms with Crippen LogP contribution in [0.1, 0.15) is 5.56 Å². The van der Waals surface area contributed by atoms with E-state index < -0.39 is 0 Å². The average Bonchev–Trinajstić information content (AvgIpc) is 2.50. The molecule has 0 bridgehead atoms. The van der Waals surface area contributed by atoms with Crippen molar-refractivity contribution in [1.82, 2.24) is 0 Å². The lowest BCUT2D eigenvalue weighted by Gasteiger charge is -2.01. The number of rotatable bonds is 1. The number of halogens is 1. The SMILES string of the molecule is Nc1ccc(CCl)c2scc(O)c12. The maximum absolute atomic E-state index is 9.50. The Hall–Kier alpha value is -0.930. The minimum Gasteiger partial charge on any atom is -0.506 e. The molecule has 1 aromatic carbocycles. The zero-order valence-corrected chi connectivity index (χ0v) is 8.32. The van der Waals surface area contributed by atoms with E-state index in [4.69, 9.17) is 17.3 Å². The second-order valence-electron chi connectivity index (χ2n) is 2.77. The lowest BCUT2D eigenvalue weighted by molar-refractivity contribution is 0.484. The van der Waals surface area contributed by atoms with Crippen molar-refractivity contribution in [2.75, 3.05) is 5.73 Å². The largest absolute Gasteiger partial charge is 0.506 e. The predicted octanol–water partition coefficient (Wildman–Crippen LogP) is 2.93. The summed E-state index contributed by atoms with van der Waals surface area (Å²) in [6.45, 7) is 0. The molecule has 0 spiro atoms. The summed E-state index contributed by atoms with van der Waals surface area (Å²) < 4.78 is 0.979. The van der Waals surface area contributed by atoms with Gasteiger partial charge in [-0.05, 0) is 11.6 Å². The lowest BCUT2D eigenvalue weighted by atomic mass is 10.1. The highest BCUT2D eigenvalue weighted by molar-refractivity contribution is 7.17. The summed E-state index contributed by atoms with van der Waals surface area (Å²) in [5, 5.41) is 11.9. The van der Waals surface area contributed by atoms with Gasteiger partial charge in [0.15, 0.2) is 0 Å². The summed E-state index contributed by atoms with van der Waals surface area (Å²) in [4.78, 5) is 0. The van der Waals surface area contributed by atoms with Gasteiger partial charge in [0.1, 0.15) is 5.75 Å². The van der Waals surface area contributed by atoms with Crippen LogP contribution in [0, 0.1) is 0 Å². The molecule has 1 aromatic heterocycles. The molecule has 0 aliphatic carbocycles. The van der Waals surface area contributed by atoms with Crippen LogP contribution in [0.25, 0.3) is 10.1 Å². The summed E-state index contributed by atoms with van der Waals surface area (Å²) in [6, 6.07) is 3.66. The second kappa shape index (κ2) is 3.09. The molecule has 2 rings (SSSR count). The second-order valence-corrected chi connectivity index (χ2v) is 3.92. The summed E-state index contributed by atoms with van der Waals surface area (Å²) in [7, 11) is 0. The molecular formula is C9H8ClNOS. The van der Waals surface area contributed by atoms with Crippen LogP contribution in [0.5, 0.6) is 5.75 Å². The van der Waals surface area contributed by atoms with E-state index >= 15 is 0 Å². The smallest absolute Gasteiger partial charge is 0.136 e. The van der Waals surface area contributed by atoms with Crippen LogP contribution in [0.4, 0.5) is 5.69 Å². The summed E-state index contributed by atoms with van der Waals surface area (Å²) in [5.41, 5.74) is 7.34. The molecular weight excluding hydrogens is 206 g/mol. The molecule has 0 fully saturated rings. The van der Waals surface area contributed by atoms with E-state index in [0.717, 1.165) is 15.6 Å². The molecule has 13 heavy (non-hydrogen) atoms. The summed E-state index contributed by atoms with van der Waals surface area (Å²) in [5.74, 6) is 0.681. The van der Waals surface area contributed by atoms with Crippen molar-refractivity contribution in [2.24, 2.45) is 0 Å². The first kappa shape index (κ1) is 8.66.